The quantitative estimate of drug-likeness (QED) is 0.691. The smallest absolute Gasteiger partial charge is 0.233 e. The summed E-state index contributed by atoms with van der Waals surface area (Å²) in [5.74, 6) is 0.0129. The lowest BCUT2D eigenvalue weighted by Gasteiger charge is -2.14. The number of hydrogen-bond donors (Lipinski definition) is 1. The Morgan fingerprint density at radius 1 is 1.20 bits per heavy atom. The minimum Gasteiger partial charge on any atom is -0.351 e. The van der Waals surface area contributed by atoms with Gasteiger partial charge in [-0.3, -0.25) is 4.79 Å². The monoisotopic (exact) mass is 352 g/mol. The van der Waals surface area contributed by atoms with E-state index in [0.29, 0.717) is 6.54 Å². The third-order valence-electron chi connectivity index (χ3n) is 3.81. The molecule has 0 saturated carbocycles. The molecule has 1 N–H and O–H groups in total. The van der Waals surface area contributed by atoms with Crippen LogP contribution in [0.4, 0.5) is 0 Å². The normalized spacial score (nSPS) is 11.9. The van der Waals surface area contributed by atoms with E-state index in [9.17, 15) is 4.79 Å². The molecule has 5 nitrogen and oxygen atoms in total. The van der Waals surface area contributed by atoms with Crippen LogP contribution in [0.5, 0.6) is 0 Å². The Morgan fingerprint density at radius 3 is 2.68 bits per heavy atom. The van der Waals surface area contributed by atoms with Crippen LogP contribution in [-0.2, 0) is 11.3 Å². The predicted molar refractivity (Wildman–Crippen MR) is 99.7 cm³/mol. The van der Waals surface area contributed by atoms with Gasteiger partial charge in [-0.1, -0.05) is 35.9 Å². The number of benzene rings is 2. The van der Waals surface area contributed by atoms with E-state index in [1.54, 1.807) is 22.8 Å². The molecule has 3 aromatic rings. The number of amides is 1. The second-order valence-corrected chi connectivity index (χ2v) is 7.17. The Kier molecular flexibility index (Phi) is 5.50. The zero-order valence-electron chi connectivity index (χ0n) is 14.2. The maximum Gasteiger partial charge on any atom is 0.233 e. The number of hydrogen-bond acceptors (Lipinski definition) is 4. The summed E-state index contributed by atoms with van der Waals surface area (Å²) in [5, 5.41) is 7.01. The van der Waals surface area contributed by atoms with Crippen LogP contribution in [0.25, 0.3) is 5.69 Å². The van der Waals surface area contributed by atoms with Crippen LogP contribution >= 0.6 is 11.8 Å². The van der Waals surface area contributed by atoms with E-state index in [1.165, 1.54) is 11.9 Å². The van der Waals surface area contributed by atoms with Gasteiger partial charge in [0.2, 0.25) is 5.91 Å². The van der Waals surface area contributed by atoms with E-state index in [0.717, 1.165) is 16.1 Å². The molecular formula is C19H20N4OS. The fraction of sp³-hybridized carbons (Fsp3) is 0.211. The summed E-state index contributed by atoms with van der Waals surface area (Å²) < 4.78 is 1.70. The van der Waals surface area contributed by atoms with Crippen molar-refractivity contribution in [2.75, 3.05) is 0 Å². The van der Waals surface area contributed by atoms with E-state index in [4.69, 9.17) is 0 Å². The van der Waals surface area contributed by atoms with Crippen LogP contribution < -0.4 is 5.32 Å². The average Bonchev–Trinajstić information content (AvgIpc) is 3.16. The number of aromatic nitrogens is 3. The van der Waals surface area contributed by atoms with Crippen molar-refractivity contribution in [3.63, 3.8) is 0 Å². The van der Waals surface area contributed by atoms with Crippen LogP contribution in [-0.4, -0.2) is 25.9 Å². The number of rotatable bonds is 6. The van der Waals surface area contributed by atoms with Crippen molar-refractivity contribution in [1.29, 1.82) is 0 Å². The van der Waals surface area contributed by atoms with Crippen molar-refractivity contribution in [3.8, 4) is 5.69 Å². The van der Waals surface area contributed by atoms with E-state index >= 15 is 0 Å². The number of carbonyl (C=O) groups excluding carboxylic acids is 1. The number of nitrogens with one attached hydrogen (secondary N) is 1. The Hall–Kier alpha value is -2.60. The summed E-state index contributed by atoms with van der Waals surface area (Å²) in [5.41, 5.74) is 3.12. The van der Waals surface area contributed by atoms with Crippen molar-refractivity contribution in [1.82, 2.24) is 20.1 Å². The molecule has 1 aromatic heterocycles. The number of thioether (sulfide) groups is 1. The standard InChI is InChI=1S/C19H20N4OS/c1-14-7-9-17(10-8-14)25-15(2)19(24)21-11-16-5-3-4-6-18(16)23-13-20-12-22-23/h3-10,12-13,15H,11H2,1-2H3,(H,21,24)/t15-/m1/s1. The molecule has 3 rings (SSSR count). The second-order valence-electron chi connectivity index (χ2n) is 5.76. The first-order valence-electron chi connectivity index (χ1n) is 8.07. The Bertz CT molecular complexity index is 831. The van der Waals surface area contributed by atoms with Gasteiger partial charge in [-0.15, -0.1) is 11.8 Å². The fourth-order valence-electron chi connectivity index (χ4n) is 2.42. The lowest BCUT2D eigenvalue weighted by atomic mass is 10.2. The molecule has 0 saturated heterocycles. The molecule has 0 fully saturated rings. The molecule has 6 heteroatoms. The molecule has 0 spiro atoms. The van der Waals surface area contributed by atoms with Gasteiger partial charge in [0.1, 0.15) is 12.7 Å². The maximum absolute atomic E-state index is 12.4. The van der Waals surface area contributed by atoms with Gasteiger partial charge in [-0.25, -0.2) is 9.67 Å². The largest absolute Gasteiger partial charge is 0.351 e. The van der Waals surface area contributed by atoms with Crippen LogP contribution in [0.3, 0.4) is 0 Å². The van der Waals surface area contributed by atoms with Gasteiger partial charge in [0.15, 0.2) is 0 Å². The van der Waals surface area contributed by atoms with E-state index in [-0.39, 0.29) is 11.2 Å². The fourth-order valence-corrected chi connectivity index (χ4v) is 3.31. The Balaban J connectivity index is 1.62. The van der Waals surface area contributed by atoms with E-state index < -0.39 is 0 Å². The highest BCUT2D eigenvalue weighted by Gasteiger charge is 2.15. The van der Waals surface area contributed by atoms with Crippen molar-refractivity contribution in [2.45, 2.75) is 30.5 Å². The van der Waals surface area contributed by atoms with Gasteiger partial charge in [-0.05, 0) is 37.6 Å². The number of carbonyl (C=O) groups is 1. The minimum atomic E-state index is -0.166. The molecule has 1 amide bonds. The van der Waals surface area contributed by atoms with Crippen molar-refractivity contribution in [2.24, 2.45) is 0 Å². The summed E-state index contributed by atoms with van der Waals surface area (Å²) in [6.07, 6.45) is 3.15. The molecule has 128 valence electrons. The predicted octanol–water partition coefficient (Wildman–Crippen LogP) is 3.37. The SMILES string of the molecule is Cc1ccc(S[C@H](C)C(=O)NCc2ccccc2-n2cncn2)cc1. The van der Waals surface area contributed by atoms with Crippen molar-refractivity contribution >= 4 is 17.7 Å². The number of para-hydroxylation sites is 1. The molecular weight excluding hydrogens is 332 g/mol. The first-order valence-corrected chi connectivity index (χ1v) is 8.95. The zero-order valence-corrected chi connectivity index (χ0v) is 15.0. The highest BCUT2D eigenvalue weighted by molar-refractivity contribution is 8.00. The average molecular weight is 352 g/mol. The topological polar surface area (TPSA) is 59.8 Å². The molecule has 0 bridgehead atoms. The first kappa shape index (κ1) is 17.2. The summed E-state index contributed by atoms with van der Waals surface area (Å²) >= 11 is 1.56. The Labute approximate surface area is 151 Å². The van der Waals surface area contributed by atoms with Crippen molar-refractivity contribution < 1.29 is 4.79 Å². The number of nitrogens with zero attached hydrogens (tertiary/aromatic N) is 3. The van der Waals surface area contributed by atoms with Crippen LogP contribution in [0.2, 0.25) is 0 Å². The summed E-state index contributed by atoms with van der Waals surface area (Å²) in [6, 6.07) is 16.0. The molecule has 1 heterocycles. The Morgan fingerprint density at radius 2 is 1.96 bits per heavy atom. The zero-order chi connectivity index (χ0) is 17.6. The van der Waals surface area contributed by atoms with Gasteiger partial charge in [-0.2, -0.15) is 5.10 Å². The summed E-state index contributed by atoms with van der Waals surface area (Å²) in [6.45, 7) is 4.42. The van der Waals surface area contributed by atoms with Gasteiger partial charge < -0.3 is 5.32 Å². The molecule has 0 aliphatic carbocycles. The van der Waals surface area contributed by atoms with Crippen molar-refractivity contribution in [3.05, 3.63) is 72.3 Å². The lowest BCUT2D eigenvalue weighted by Crippen LogP contribution is -2.30. The van der Waals surface area contributed by atoms with Crippen LogP contribution in [0.1, 0.15) is 18.1 Å². The first-order chi connectivity index (χ1) is 12.1. The van der Waals surface area contributed by atoms with Crippen LogP contribution in [0, 0.1) is 6.92 Å². The summed E-state index contributed by atoms with van der Waals surface area (Å²) in [4.78, 5) is 17.5. The number of aryl methyl sites for hydroxylation is 1. The van der Waals surface area contributed by atoms with E-state index in [2.05, 4.69) is 34.5 Å². The molecule has 0 aliphatic rings. The molecule has 1 atom stereocenters. The molecule has 0 unspecified atom stereocenters. The second kappa shape index (κ2) is 7.98. The minimum absolute atomic E-state index is 0.0129. The molecule has 0 radical (unpaired) electrons. The van der Waals surface area contributed by atoms with Crippen LogP contribution in [0.15, 0.2) is 66.1 Å². The maximum atomic E-state index is 12.4. The van der Waals surface area contributed by atoms with Gasteiger partial charge in [0.05, 0.1) is 10.9 Å². The van der Waals surface area contributed by atoms with E-state index in [1.807, 2.05) is 43.3 Å². The van der Waals surface area contributed by atoms with Gasteiger partial charge >= 0.3 is 0 Å². The highest BCUT2D eigenvalue weighted by Crippen LogP contribution is 2.23. The third-order valence-corrected chi connectivity index (χ3v) is 4.93. The highest BCUT2D eigenvalue weighted by atomic mass is 32.2. The molecule has 25 heavy (non-hydrogen) atoms. The third kappa shape index (κ3) is 4.48. The lowest BCUT2D eigenvalue weighted by molar-refractivity contribution is -0.120. The summed E-state index contributed by atoms with van der Waals surface area (Å²) in [7, 11) is 0. The molecule has 2 aromatic carbocycles. The van der Waals surface area contributed by atoms with Gasteiger partial charge in [0, 0.05) is 11.4 Å². The molecule has 0 aliphatic heterocycles. The van der Waals surface area contributed by atoms with Gasteiger partial charge in [0.25, 0.3) is 0 Å².